The van der Waals surface area contributed by atoms with Gasteiger partial charge in [-0.05, 0) is 23.8 Å². The molecule has 1 aliphatic rings. The van der Waals surface area contributed by atoms with Gasteiger partial charge in [-0.1, -0.05) is 12.1 Å². The van der Waals surface area contributed by atoms with Gasteiger partial charge in [-0.3, -0.25) is 14.4 Å². The fourth-order valence-corrected chi connectivity index (χ4v) is 2.51. The van der Waals surface area contributed by atoms with Gasteiger partial charge in [-0.2, -0.15) is 0 Å². The van der Waals surface area contributed by atoms with E-state index in [0.717, 1.165) is 5.56 Å². The Morgan fingerprint density at radius 1 is 0.958 bits per heavy atom. The van der Waals surface area contributed by atoms with Gasteiger partial charge in [0.25, 0.3) is 5.91 Å². The second-order valence-electron chi connectivity index (χ2n) is 5.99. The number of piperazine rings is 1. The van der Waals surface area contributed by atoms with Crippen LogP contribution >= 0.6 is 0 Å². The molecule has 128 valence electrons. The van der Waals surface area contributed by atoms with Crippen molar-refractivity contribution in [2.24, 2.45) is 0 Å². The van der Waals surface area contributed by atoms with E-state index in [2.05, 4.69) is 0 Å². The van der Waals surface area contributed by atoms with Crippen LogP contribution in [0.3, 0.4) is 0 Å². The van der Waals surface area contributed by atoms with Gasteiger partial charge < -0.3 is 14.7 Å². The first kappa shape index (κ1) is 17.7. The highest BCUT2D eigenvalue weighted by molar-refractivity contribution is 5.94. The van der Waals surface area contributed by atoms with Gasteiger partial charge in [0, 0.05) is 58.8 Å². The van der Waals surface area contributed by atoms with Gasteiger partial charge >= 0.3 is 0 Å². The lowest BCUT2D eigenvalue weighted by Crippen LogP contribution is -2.49. The molecule has 0 aliphatic carbocycles. The summed E-state index contributed by atoms with van der Waals surface area (Å²) in [6.45, 7) is 3.81. The molecule has 6 heteroatoms. The topological polar surface area (TPSA) is 60.9 Å². The van der Waals surface area contributed by atoms with Crippen molar-refractivity contribution in [1.29, 1.82) is 0 Å². The van der Waals surface area contributed by atoms with E-state index in [0.29, 0.717) is 31.7 Å². The molecule has 3 amide bonds. The quantitative estimate of drug-likeness (QED) is 0.780. The summed E-state index contributed by atoms with van der Waals surface area (Å²) in [6.07, 6.45) is 3.27. The van der Waals surface area contributed by atoms with Crippen molar-refractivity contribution in [3.63, 3.8) is 0 Å². The lowest BCUT2D eigenvalue weighted by Gasteiger charge is -2.33. The van der Waals surface area contributed by atoms with E-state index >= 15 is 0 Å². The highest BCUT2D eigenvalue weighted by Crippen LogP contribution is 2.09. The molecule has 24 heavy (non-hydrogen) atoms. The summed E-state index contributed by atoms with van der Waals surface area (Å²) in [6, 6.07) is 7.12. The van der Waals surface area contributed by atoms with Gasteiger partial charge in [-0.15, -0.1) is 0 Å². The summed E-state index contributed by atoms with van der Waals surface area (Å²) in [5, 5.41) is 0. The molecule has 0 spiro atoms. The van der Waals surface area contributed by atoms with Gasteiger partial charge in [0.15, 0.2) is 0 Å². The van der Waals surface area contributed by atoms with Crippen molar-refractivity contribution in [2.45, 2.75) is 6.92 Å². The van der Waals surface area contributed by atoms with E-state index < -0.39 is 0 Å². The Bertz CT molecular complexity index is 642. The Morgan fingerprint density at radius 2 is 1.50 bits per heavy atom. The minimum atomic E-state index is -0.0633. The van der Waals surface area contributed by atoms with Crippen LogP contribution < -0.4 is 0 Å². The van der Waals surface area contributed by atoms with Crippen molar-refractivity contribution in [1.82, 2.24) is 14.7 Å². The monoisotopic (exact) mass is 329 g/mol. The molecule has 0 radical (unpaired) electrons. The molecule has 1 aromatic rings. The molecular weight excluding hydrogens is 306 g/mol. The number of hydrogen-bond acceptors (Lipinski definition) is 3. The van der Waals surface area contributed by atoms with Crippen LogP contribution in [0.1, 0.15) is 22.8 Å². The third-order valence-electron chi connectivity index (χ3n) is 4.02. The van der Waals surface area contributed by atoms with Crippen LogP contribution in [-0.4, -0.2) is 72.7 Å². The summed E-state index contributed by atoms with van der Waals surface area (Å²) >= 11 is 0. The molecule has 0 N–H and O–H groups in total. The molecule has 1 fully saturated rings. The average molecular weight is 329 g/mol. The third-order valence-corrected chi connectivity index (χ3v) is 4.02. The van der Waals surface area contributed by atoms with Crippen LogP contribution in [0.15, 0.2) is 30.3 Å². The number of carbonyl (C=O) groups excluding carboxylic acids is 3. The Balaban J connectivity index is 1.92. The molecule has 1 saturated heterocycles. The fourth-order valence-electron chi connectivity index (χ4n) is 2.51. The van der Waals surface area contributed by atoms with Crippen LogP contribution in [0, 0.1) is 0 Å². The van der Waals surface area contributed by atoms with Crippen molar-refractivity contribution in [3.05, 3.63) is 41.5 Å². The molecule has 1 aromatic carbocycles. The summed E-state index contributed by atoms with van der Waals surface area (Å²) in [4.78, 5) is 40.3. The Morgan fingerprint density at radius 3 is 2.00 bits per heavy atom. The predicted octanol–water partition coefficient (Wildman–Crippen LogP) is 1.09. The molecule has 0 atom stereocenters. The smallest absolute Gasteiger partial charge is 0.253 e. The zero-order valence-corrected chi connectivity index (χ0v) is 14.4. The lowest BCUT2D eigenvalue weighted by atomic mass is 10.1. The van der Waals surface area contributed by atoms with Crippen molar-refractivity contribution < 1.29 is 14.4 Å². The molecular formula is C18H23N3O3. The summed E-state index contributed by atoms with van der Waals surface area (Å²) < 4.78 is 0. The van der Waals surface area contributed by atoms with E-state index in [1.807, 2.05) is 12.1 Å². The van der Waals surface area contributed by atoms with Crippen molar-refractivity contribution in [3.8, 4) is 0 Å². The highest BCUT2D eigenvalue weighted by Gasteiger charge is 2.20. The Labute approximate surface area is 142 Å². The van der Waals surface area contributed by atoms with Gasteiger partial charge in [0.1, 0.15) is 0 Å². The van der Waals surface area contributed by atoms with Crippen LogP contribution in [0.5, 0.6) is 0 Å². The molecule has 0 aromatic heterocycles. The summed E-state index contributed by atoms with van der Waals surface area (Å²) in [5.41, 5.74) is 1.48. The Kier molecular flexibility index (Phi) is 5.73. The molecule has 1 heterocycles. The second kappa shape index (κ2) is 7.77. The average Bonchev–Trinajstić information content (AvgIpc) is 2.59. The number of amides is 3. The molecule has 6 nitrogen and oxygen atoms in total. The number of nitrogens with zero attached hydrogens (tertiary/aromatic N) is 3. The molecule has 0 saturated carbocycles. The number of hydrogen-bond donors (Lipinski definition) is 0. The van der Waals surface area contributed by atoms with Gasteiger partial charge in [-0.25, -0.2) is 0 Å². The zero-order valence-electron chi connectivity index (χ0n) is 14.4. The molecule has 0 unspecified atom stereocenters. The number of benzene rings is 1. The largest absolute Gasteiger partial charge is 0.345 e. The maximum Gasteiger partial charge on any atom is 0.253 e. The van der Waals surface area contributed by atoms with Gasteiger partial charge in [0.2, 0.25) is 11.8 Å². The number of rotatable bonds is 3. The predicted molar refractivity (Wildman–Crippen MR) is 92.3 cm³/mol. The first-order valence-corrected chi connectivity index (χ1v) is 7.92. The molecule has 2 rings (SSSR count). The van der Waals surface area contributed by atoms with Crippen LogP contribution in [0.4, 0.5) is 0 Å². The SMILES string of the molecule is CC(=O)N1CCN(C(=O)/C=C/c2ccc(C(=O)N(C)C)cc2)CC1. The summed E-state index contributed by atoms with van der Waals surface area (Å²) in [5.74, 6) is -0.0680. The molecule has 0 bridgehead atoms. The third kappa shape index (κ3) is 4.44. The maximum absolute atomic E-state index is 12.2. The normalized spacial score (nSPS) is 14.8. The highest BCUT2D eigenvalue weighted by atomic mass is 16.2. The van der Waals surface area contributed by atoms with Crippen LogP contribution in [0.25, 0.3) is 6.08 Å². The van der Waals surface area contributed by atoms with E-state index in [4.69, 9.17) is 0 Å². The van der Waals surface area contributed by atoms with E-state index in [1.165, 1.54) is 11.0 Å². The standard InChI is InChI=1S/C18H23N3O3/c1-14(22)20-10-12-21(13-11-20)17(23)9-6-15-4-7-16(8-5-15)18(24)19(2)3/h4-9H,10-13H2,1-3H3/b9-6+. The second-order valence-corrected chi connectivity index (χ2v) is 5.99. The summed E-state index contributed by atoms with van der Waals surface area (Å²) in [7, 11) is 3.42. The van der Waals surface area contributed by atoms with Gasteiger partial charge in [0.05, 0.1) is 0 Å². The van der Waals surface area contributed by atoms with Crippen molar-refractivity contribution >= 4 is 23.8 Å². The minimum Gasteiger partial charge on any atom is -0.345 e. The molecule has 1 aliphatic heterocycles. The van der Waals surface area contributed by atoms with Crippen LogP contribution in [-0.2, 0) is 9.59 Å². The zero-order chi connectivity index (χ0) is 17.7. The van der Waals surface area contributed by atoms with E-state index in [1.54, 1.807) is 49.0 Å². The minimum absolute atomic E-state index is 0.0463. The van der Waals surface area contributed by atoms with Crippen LogP contribution in [0.2, 0.25) is 0 Å². The first-order valence-electron chi connectivity index (χ1n) is 7.92. The van der Waals surface area contributed by atoms with Crippen molar-refractivity contribution in [2.75, 3.05) is 40.3 Å². The fraction of sp³-hybridized carbons (Fsp3) is 0.389. The number of carbonyl (C=O) groups is 3. The first-order chi connectivity index (χ1) is 11.4. The van der Waals surface area contributed by atoms with E-state index in [9.17, 15) is 14.4 Å². The van der Waals surface area contributed by atoms with E-state index in [-0.39, 0.29) is 17.7 Å². The Hall–Kier alpha value is -2.63. The lowest BCUT2D eigenvalue weighted by molar-refractivity contribution is -0.135. The maximum atomic E-state index is 12.2.